The number of nitrogens with zero attached hydrogens (tertiary/aromatic N) is 1. The van der Waals surface area contributed by atoms with Gasteiger partial charge in [-0.05, 0) is 12.1 Å². The molecular weight excluding hydrogens is 288 g/mol. The van der Waals surface area contributed by atoms with Crippen molar-refractivity contribution >= 4 is 24.0 Å². The number of amides is 4. The van der Waals surface area contributed by atoms with E-state index in [-0.39, 0.29) is 6.54 Å². The SMILES string of the molecule is O=[C]CNC(=O)N(C(=O)NC1CNCCO1)c1ccccc1. The maximum Gasteiger partial charge on any atom is 0.332 e. The summed E-state index contributed by atoms with van der Waals surface area (Å²) in [5, 5.41) is 7.99. The second-order valence-corrected chi connectivity index (χ2v) is 4.49. The third-order valence-corrected chi connectivity index (χ3v) is 2.94. The molecule has 1 aliphatic heterocycles. The van der Waals surface area contributed by atoms with E-state index in [1.807, 2.05) is 0 Å². The summed E-state index contributed by atoms with van der Waals surface area (Å²) in [4.78, 5) is 35.6. The van der Waals surface area contributed by atoms with E-state index in [1.54, 1.807) is 36.6 Å². The Balaban J connectivity index is 2.10. The lowest BCUT2D eigenvalue weighted by Gasteiger charge is -2.28. The number of urea groups is 2. The zero-order chi connectivity index (χ0) is 15.8. The van der Waals surface area contributed by atoms with Gasteiger partial charge in [0.2, 0.25) is 6.29 Å². The molecule has 1 unspecified atom stereocenters. The van der Waals surface area contributed by atoms with Gasteiger partial charge in [0.05, 0.1) is 18.8 Å². The van der Waals surface area contributed by atoms with Crippen LogP contribution in [0.4, 0.5) is 15.3 Å². The largest absolute Gasteiger partial charge is 0.356 e. The lowest BCUT2D eigenvalue weighted by atomic mass is 10.3. The highest BCUT2D eigenvalue weighted by Gasteiger charge is 2.26. The number of carbonyl (C=O) groups is 2. The Labute approximate surface area is 127 Å². The molecule has 8 heteroatoms. The number of hydrogen-bond acceptors (Lipinski definition) is 5. The minimum absolute atomic E-state index is 0.295. The number of rotatable bonds is 4. The number of ether oxygens (including phenoxy) is 1. The van der Waals surface area contributed by atoms with Gasteiger partial charge in [-0.1, -0.05) is 18.2 Å². The lowest BCUT2D eigenvalue weighted by molar-refractivity contribution is 0.0152. The van der Waals surface area contributed by atoms with Crippen LogP contribution in [0.5, 0.6) is 0 Å². The van der Waals surface area contributed by atoms with Gasteiger partial charge in [-0.3, -0.25) is 4.79 Å². The molecule has 0 saturated carbocycles. The number of anilines is 1. The molecule has 0 aromatic heterocycles. The molecule has 1 fully saturated rings. The second-order valence-electron chi connectivity index (χ2n) is 4.49. The zero-order valence-corrected chi connectivity index (χ0v) is 11.9. The van der Waals surface area contributed by atoms with Crippen molar-refractivity contribution in [2.75, 3.05) is 31.1 Å². The van der Waals surface area contributed by atoms with Crippen LogP contribution in [0.15, 0.2) is 30.3 Å². The molecule has 1 radical (unpaired) electrons. The molecule has 22 heavy (non-hydrogen) atoms. The van der Waals surface area contributed by atoms with Gasteiger partial charge in [0.15, 0.2) is 0 Å². The van der Waals surface area contributed by atoms with E-state index in [9.17, 15) is 14.4 Å². The van der Waals surface area contributed by atoms with Crippen molar-refractivity contribution in [1.29, 1.82) is 0 Å². The Morgan fingerprint density at radius 1 is 1.32 bits per heavy atom. The van der Waals surface area contributed by atoms with E-state index >= 15 is 0 Å². The summed E-state index contributed by atoms with van der Waals surface area (Å²) < 4.78 is 5.38. The van der Waals surface area contributed by atoms with Gasteiger partial charge in [0.1, 0.15) is 6.23 Å². The fourth-order valence-corrected chi connectivity index (χ4v) is 1.95. The number of benzene rings is 1. The summed E-state index contributed by atoms with van der Waals surface area (Å²) in [6.07, 6.45) is 1.03. The number of morpholine rings is 1. The fourth-order valence-electron chi connectivity index (χ4n) is 1.95. The summed E-state index contributed by atoms with van der Waals surface area (Å²) >= 11 is 0. The maximum atomic E-state index is 12.4. The summed E-state index contributed by atoms with van der Waals surface area (Å²) in [6.45, 7) is 1.35. The van der Waals surface area contributed by atoms with E-state index < -0.39 is 18.3 Å². The summed E-state index contributed by atoms with van der Waals surface area (Å²) in [5.41, 5.74) is 0.382. The molecule has 3 N–H and O–H groups in total. The normalized spacial score (nSPS) is 17.4. The predicted octanol–water partition coefficient (Wildman–Crippen LogP) is -0.0322. The smallest absolute Gasteiger partial charge is 0.332 e. The van der Waals surface area contributed by atoms with Gasteiger partial charge >= 0.3 is 12.1 Å². The van der Waals surface area contributed by atoms with Crippen LogP contribution in [0.1, 0.15) is 0 Å². The first-order valence-corrected chi connectivity index (χ1v) is 6.83. The molecule has 117 valence electrons. The Hall–Kier alpha value is -2.45. The van der Waals surface area contributed by atoms with E-state index in [1.165, 1.54) is 0 Å². The highest BCUT2D eigenvalue weighted by Crippen LogP contribution is 2.14. The van der Waals surface area contributed by atoms with Gasteiger partial charge in [-0.15, -0.1) is 0 Å². The van der Waals surface area contributed by atoms with Crippen LogP contribution in [0.2, 0.25) is 0 Å². The van der Waals surface area contributed by atoms with Gasteiger partial charge < -0.3 is 20.7 Å². The summed E-state index contributed by atoms with van der Waals surface area (Å²) in [5.74, 6) is 0. The number of carbonyl (C=O) groups excluding carboxylic acids is 3. The number of para-hydroxylation sites is 1. The van der Waals surface area contributed by atoms with E-state index in [2.05, 4.69) is 16.0 Å². The molecule has 4 amide bonds. The van der Waals surface area contributed by atoms with Gasteiger partial charge in [0, 0.05) is 13.1 Å². The molecule has 1 heterocycles. The second kappa shape index (κ2) is 8.11. The Morgan fingerprint density at radius 2 is 2.09 bits per heavy atom. The molecule has 0 spiro atoms. The molecule has 1 aliphatic rings. The third kappa shape index (κ3) is 4.27. The minimum atomic E-state index is -0.712. The maximum absolute atomic E-state index is 12.4. The number of nitrogens with one attached hydrogen (secondary N) is 3. The number of imide groups is 1. The van der Waals surface area contributed by atoms with Crippen molar-refractivity contribution < 1.29 is 19.1 Å². The van der Waals surface area contributed by atoms with E-state index in [0.29, 0.717) is 25.4 Å². The quantitative estimate of drug-likeness (QED) is 0.725. The van der Waals surface area contributed by atoms with E-state index in [4.69, 9.17) is 4.74 Å². The van der Waals surface area contributed by atoms with Crippen molar-refractivity contribution in [3.05, 3.63) is 30.3 Å². The predicted molar refractivity (Wildman–Crippen MR) is 79.2 cm³/mol. The topological polar surface area (TPSA) is 99.8 Å². The number of hydrogen-bond donors (Lipinski definition) is 3. The van der Waals surface area contributed by atoms with Crippen LogP contribution in [0.25, 0.3) is 0 Å². The van der Waals surface area contributed by atoms with Crippen LogP contribution < -0.4 is 20.9 Å². The van der Waals surface area contributed by atoms with Gasteiger partial charge in [0.25, 0.3) is 0 Å². The summed E-state index contributed by atoms with van der Waals surface area (Å²) in [6, 6.07) is 7.05. The van der Waals surface area contributed by atoms with Gasteiger partial charge in [-0.25, -0.2) is 14.5 Å². The van der Waals surface area contributed by atoms with Crippen LogP contribution in [-0.4, -0.2) is 50.8 Å². The molecule has 0 aliphatic carbocycles. The fraction of sp³-hybridized carbons (Fsp3) is 0.357. The van der Waals surface area contributed by atoms with Crippen LogP contribution in [-0.2, 0) is 9.53 Å². The lowest BCUT2D eigenvalue weighted by Crippen LogP contribution is -2.55. The highest BCUT2D eigenvalue weighted by atomic mass is 16.5. The Kier molecular flexibility index (Phi) is 5.87. The Morgan fingerprint density at radius 3 is 2.73 bits per heavy atom. The molecule has 8 nitrogen and oxygen atoms in total. The van der Waals surface area contributed by atoms with E-state index in [0.717, 1.165) is 4.90 Å². The molecule has 1 saturated heterocycles. The Bertz CT molecular complexity index is 517. The molecule has 1 aromatic carbocycles. The van der Waals surface area contributed by atoms with Crippen molar-refractivity contribution in [3.63, 3.8) is 0 Å². The standard InChI is InChI=1S/C14H17N4O4/c19-8-6-16-13(20)18(11-4-2-1-3-5-11)14(21)17-12-10-15-7-9-22-12/h1-5,12,15H,6-7,9-10H2,(H,16,20)(H,17,21). The minimum Gasteiger partial charge on any atom is -0.356 e. The first kappa shape index (κ1) is 15.9. The molecule has 2 rings (SSSR count). The van der Waals surface area contributed by atoms with Crippen molar-refractivity contribution in [2.24, 2.45) is 0 Å². The van der Waals surface area contributed by atoms with Crippen molar-refractivity contribution in [2.45, 2.75) is 6.23 Å². The average Bonchev–Trinajstić information content (AvgIpc) is 2.55. The first-order chi connectivity index (χ1) is 10.7. The molecule has 1 aromatic rings. The van der Waals surface area contributed by atoms with Gasteiger partial charge in [-0.2, -0.15) is 0 Å². The van der Waals surface area contributed by atoms with Crippen LogP contribution in [0, 0.1) is 0 Å². The van der Waals surface area contributed by atoms with Crippen molar-refractivity contribution in [3.8, 4) is 0 Å². The van der Waals surface area contributed by atoms with Crippen LogP contribution >= 0.6 is 0 Å². The highest BCUT2D eigenvalue weighted by molar-refractivity contribution is 6.13. The molecule has 0 bridgehead atoms. The average molecular weight is 305 g/mol. The molecule has 1 atom stereocenters. The monoisotopic (exact) mass is 305 g/mol. The third-order valence-electron chi connectivity index (χ3n) is 2.94. The summed E-state index contributed by atoms with van der Waals surface area (Å²) in [7, 11) is 0. The van der Waals surface area contributed by atoms with Crippen LogP contribution in [0.3, 0.4) is 0 Å². The molecular formula is C14H17N4O4. The zero-order valence-electron chi connectivity index (χ0n) is 11.9. The first-order valence-electron chi connectivity index (χ1n) is 6.83. The van der Waals surface area contributed by atoms with Crippen molar-refractivity contribution in [1.82, 2.24) is 16.0 Å².